The molecule has 1 aliphatic carbocycles. The van der Waals surface area contributed by atoms with E-state index in [1.807, 2.05) is 0 Å². The van der Waals surface area contributed by atoms with Crippen LogP contribution in [0.5, 0.6) is 0 Å². The number of anilines is 3. The summed E-state index contributed by atoms with van der Waals surface area (Å²) in [5.41, 5.74) is 11.1. The standard InChI is InChI=1S/C10H17N5/c11-8-5-9(15-10(12)14-8)13-6-7-3-1-2-4-7/h5,7H,1-4,6H2,(H5,11,12,13,14,15). The maximum Gasteiger partial charge on any atom is 0.223 e. The first kappa shape index (κ1) is 10.0. The van der Waals surface area contributed by atoms with Crippen LogP contribution in [-0.4, -0.2) is 16.5 Å². The van der Waals surface area contributed by atoms with E-state index in [1.165, 1.54) is 25.7 Å². The van der Waals surface area contributed by atoms with Gasteiger partial charge >= 0.3 is 0 Å². The first-order valence-corrected chi connectivity index (χ1v) is 5.38. The Morgan fingerprint density at radius 2 is 2.00 bits per heavy atom. The molecule has 1 aliphatic rings. The van der Waals surface area contributed by atoms with Crippen molar-refractivity contribution in [3.8, 4) is 0 Å². The molecular weight excluding hydrogens is 190 g/mol. The van der Waals surface area contributed by atoms with Gasteiger partial charge in [0.2, 0.25) is 5.95 Å². The maximum absolute atomic E-state index is 5.57. The van der Waals surface area contributed by atoms with Gasteiger partial charge in [-0.05, 0) is 18.8 Å². The number of rotatable bonds is 3. The lowest BCUT2D eigenvalue weighted by molar-refractivity contribution is 0.579. The Hall–Kier alpha value is -1.52. The summed E-state index contributed by atoms with van der Waals surface area (Å²) in [6.07, 6.45) is 5.31. The third-order valence-corrected chi connectivity index (χ3v) is 2.81. The number of hydrogen-bond acceptors (Lipinski definition) is 5. The van der Waals surface area contributed by atoms with Crippen LogP contribution >= 0.6 is 0 Å². The van der Waals surface area contributed by atoms with Gasteiger partial charge in [-0.2, -0.15) is 9.97 Å². The van der Waals surface area contributed by atoms with E-state index < -0.39 is 0 Å². The number of nitrogen functional groups attached to an aromatic ring is 2. The Balaban J connectivity index is 1.92. The normalized spacial score (nSPS) is 16.8. The Morgan fingerprint density at radius 3 is 2.67 bits per heavy atom. The quantitative estimate of drug-likeness (QED) is 0.694. The Bertz CT molecular complexity index is 312. The predicted molar refractivity (Wildman–Crippen MR) is 61.3 cm³/mol. The molecule has 0 bridgehead atoms. The van der Waals surface area contributed by atoms with Gasteiger partial charge in [-0.3, -0.25) is 0 Å². The molecule has 2 rings (SSSR count). The van der Waals surface area contributed by atoms with Gasteiger partial charge in [0, 0.05) is 12.6 Å². The van der Waals surface area contributed by atoms with E-state index in [-0.39, 0.29) is 5.95 Å². The molecule has 1 aromatic heterocycles. The van der Waals surface area contributed by atoms with Gasteiger partial charge in [0.05, 0.1) is 0 Å². The van der Waals surface area contributed by atoms with Gasteiger partial charge in [-0.15, -0.1) is 0 Å². The molecule has 0 radical (unpaired) electrons. The highest BCUT2D eigenvalue weighted by Gasteiger charge is 2.14. The molecule has 0 saturated heterocycles. The van der Waals surface area contributed by atoms with Crippen molar-refractivity contribution in [3.05, 3.63) is 6.07 Å². The second-order valence-electron chi connectivity index (χ2n) is 4.07. The number of nitrogens with zero attached hydrogens (tertiary/aromatic N) is 2. The molecule has 15 heavy (non-hydrogen) atoms. The van der Waals surface area contributed by atoms with Crippen molar-refractivity contribution in [1.82, 2.24) is 9.97 Å². The maximum atomic E-state index is 5.57. The van der Waals surface area contributed by atoms with E-state index in [2.05, 4.69) is 15.3 Å². The fourth-order valence-electron chi connectivity index (χ4n) is 2.04. The zero-order chi connectivity index (χ0) is 10.7. The highest BCUT2D eigenvalue weighted by atomic mass is 15.1. The molecular formula is C10H17N5. The summed E-state index contributed by atoms with van der Waals surface area (Å²) in [4.78, 5) is 7.89. The van der Waals surface area contributed by atoms with E-state index in [0.717, 1.165) is 18.3 Å². The summed E-state index contributed by atoms with van der Waals surface area (Å²) in [5, 5.41) is 3.26. The second-order valence-corrected chi connectivity index (χ2v) is 4.07. The van der Waals surface area contributed by atoms with Crippen LogP contribution in [0.4, 0.5) is 17.6 Å². The first-order chi connectivity index (χ1) is 7.24. The predicted octanol–water partition coefficient (Wildman–Crippen LogP) is 1.24. The van der Waals surface area contributed by atoms with Crippen LogP contribution in [0.1, 0.15) is 25.7 Å². The number of hydrogen-bond donors (Lipinski definition) is 3. The highest BCUT2D eigenvalue weighted by molar-refractivity contribution is 5.48. The fraction of sp³-hybridized carbons (Fsp3) is 0.600. The molecule has 1 aromatic rings. The Kier molecular flexibility index (Phi) is 2.89. The topological polar surface area (TPSA) is 89.8 Å². The van der Waals surface area contributed by atoms with Crippen molar-refractivity contribution in [3.63, 3.8) is 0 Å². The minimum absolute atomic E-state index is 0.226. The zero-order valence-electron chi connectivity index (χ0n) is 8.74. The summed E-state index contributed by atoms with van der Waals surface area (Å²) in [6.45, 7) is 0.954. The summed E-state index contributed by atoms with van der Waals surface area (Å²) >= 11 is 0. The van der Waals surface area contributed by atoms with E-state index in [9.17, 15) is 0 Å². The number of nitrogens with two attached hydrogens (primary N) is 2. The molecule has 1 fully saturated rings. The van der Waals surface area contributed by atoms with Gasteiger partial charge < -0.3 is 16.8 Å². The van der Waals surface area contributed by atoms with Gasteiger partial charge in [0.15, 0.2) is 0 Å². The summed E-state index contributed by atoms with van der Waals surface area (Å²) in [5.74, 6) is 2.13. The van der Waals surface area contributed by atoms with Crippen LogP contribution in [0.25, 0.3) is 0 Å². The van der Waals surface area contributed by atoms with Crippen LogP contribution < -0.4 is 16.8 Å². The van der Waals surface area contributed by atoms with Crippen LogP contribution in [0.2, 0.25) is 0 Å². The monoisotopic (exact) mass is 207 g/mol. The van der Waals surface area contributed by atoms with Gasteiger partial charge in [0.25, 0.3) is 0 Å². The minimum Gasteiger partial charge on any atom is -0.383 e. The van der Waals surface area contributed by atoms with Crippen molar-refractivity contribution in [2.24, 2.45) is 5.92 Å². The molecule has 0 amide bonds. The molecule has 0 aromatic carbocycles. The average molecular weight is 207 g/mol. The molecule has 0 atom stereocenters. The van der Waals surface area contributed by atoms with Crippen LogP contribution in [0.15, 0.2) is 6.07 Å². The average Bonchev–Trinajstić information content (AvgIpc) is 2.65. The molecule has 82 valence electrons. The van der Waals surface area contributed by atoms with Gasteiger partial charge in [0.1, 0.15) is 11.6 Å². The van der Waals surface area contributed by atoms with Crippen LogP contribution in [0.3, 0.4) is 0 Å². The van der Waals surface area contributed by atoms with Crippen molar-refractivity contribution >= 4 is 17.6 Å². The Labute approximate surface area is 89.3 Å². The van der Waals surface area contributed by atoms with Crippen LogP contribution in [0, 0.1) is 5.92 Å². The van der Waals surface area contributed by atoms with Crippen molar-refractivity contribution in [2.75, 3.05) is 23.3 Å². The lowest BCUT2D eigenvalue weighted by Gasteiger charge is -2.11. The molecule has 0 spiro atoms. The molecule has 5 N–H and O–H groups in total. The lowest BCUT2D eigenvalue weighted by Crippen LogP contribution is -2.13. The molecule has 5 heteroatoms. The minimum atomic E-state index is 0.226. The number of aromatic nitrogens is 2. The zero-order valence-corrected chi connectivity index (χ0v) is 8.74. The third-order valence-electron chi connectivity index (χ3n) is 2.81. The first-order valence-electron chi connectivity index (χ1n) is 5.38. The lowest BCUT2D eigenvalue weighted by atomic mass is 10.1. The van der Waals surface area contributed by atoms with E-state index in [0.29, 0.717) is 5.82 Å². The van der Waals surface area contributed by atoms with Crippen LogP contribution in [-0.2, 0) is 0 Å². The van der Waals surface area contributed by atoms with Crippen molar-refractivity contribution < 1.29 is 0 Å². The van der Waals surface area contributed by atoms with Crippen molar-refractivity contribution in [1.29, 1.82) is 0 Å². The molecule has 0 unspecified atom stereocenters. The molecule has 0 aliphatic heterocycles. The van der Waals surface area contributed by atoms with E-state index >= 15 is 0 Å². The number of nitrogens with one attached hydrogen (secondary N) is 1. The SMILES string of the molecule is Nc1cc(NCC2CCCC2)nc(N)n1. The summed E-state index contributed by atoms with van der Waals surface area (Å²) < 4.78 is 0. The fourth-order valence-corrected chi connectivity index (χ4v) is 2.04. The van der Waals surface area contributed by atoms with E-state index in [1.54, 1.807) is 6.07 Å². The van der Waals surface area contributed by atoms with E-state index in [4.69, 9.17) is 11.5 Å². The van der Waals surface area contributed by atoms with Gasteiger partial charge in [-0.25, -0.2) is 0 Å². The largest absolute Gasteiger partial charge is 0.383 e. The molecule has 1 saturated carbocycles. The molecule has 1 heterocycles. The highest BCUT2D eigenvalue weighted by Crippen LogP contribution is 2.24. The Morgan fingerprint density at radius 1 is 1.27 bits per heavy atom. The van der Waals surface area contributed by atoms with Crippen molar-refractivity contribution in [2.45, 2.75) is 25.7 Å². The summed E-state index contributed by atoms with van der Waals surface area (Å²) in [6, 6.07) is 1.71. The second kappa shape index (κ2) is 4.33. The molecule has 5 nitrogen and oxygen atoms in total. The smallest absolute Gasteiger partial charge is 0.223 e. The van der Waals surface area contributed by atoms with Gasteiger partial charge in [-0.1, -0.05) is 12.8 Å². The summed E-state index contributed by atoms with van der Waals surface area (Å²) in [7, 11) is 0. The third kappa shape index (κ3) is 2.71.